The van der Waals surface area contributed by atoms with Gasteiger partial charge in [-0.15, -0.1) is 0 Å². The fourth-order valence-electron chi connectivity index (χ4n) is 4.89. The number of anilines is 1. The van der Waals surface area contributed by atoms with Crippen LogP contribution in [0.3, 0.4) is 0 Å². The van der Waals surface area contributed by atoms with Crippen LogP contribution in [0.4, 0.5) is 5.69 Å². The molecule has 1 N–H and O–H groups in total. The van der Waals surface area contributed by atoms with Gasteiger partial charge in [0.15, 0.2) is 0 Å². The lowest BCUT2D eigenvalue weighted by Crippen LogP contribution is -2.51. The van der Waals surface area contributed by atoms with E-state index in [-0.39, 0.29) is 43.8 Å². The van der Waals surface area contributed by atoms with E-state index in [0.29, 0.717) is 22.2 Å². The summed E-state index contributed by atoms with van der Waals surface area (Å²) >= 11 is 12.4. The summed E-state index contributed by atoms with van der Waals surface area (Å²) in [4.78, 5) is 28.5. The van der Waals surface area contributed by atoms with Crippen molar-refractivity contribution in [1.29, 1.82) is 0 Å². The van der Waals surface area contributed by atoms with E-state index in [1.807, 2.05) is 25.1 Å². The number of hydrogen-bond acceptors (Lipinski definition) is 4. The molecular formula is C28H37Cl2N3O4S. The molecule has 38 heavy (non-hydrogen) atoms. The van der Waals surface area contributed by atoms with E-state index >= 15 is 0 Å². The number of nitrogens with zero attached hydrogens (tertiary/aromatic N) is 2. The lowest BCUT2D eigenvalue weighted by Gasteiger charge is -2.33. The van der Waals surface area contributed by atoms with Crippen LogP contribution in [0.25, 0.3) is 0 Å². The quantitative estimate of drug-likeness (QED) is 0.343. The van der Waals surface area contributed by atoms with E-state index < -0.39 is 16.1 Å². The first kappa shape index (κ1) is 30.3. The van der Waals surface area contributed by atoms with Gasteiger partial charge in [0.05, 0.1) is 11.9 Å². The van der Waals surface area contributed by atoms with E-state index in [1.54, 1.807) is 35.2 Å². The standard InChI is InChI=1S/C28H37Cl2N3O4S/c1-3-26(28(35)31-23-11-5-4-6-12-23)32(20-21-10-7-8-13-25(21)30)27(34)14-9-19-33(38(2,36)37)24-17-15-22(29)16-18-24/h7-8,10,13,15-18,23,26H,3-6,9,11-12,14,19-20H2,1-2H3,(H,31,35)/t26-/m0/s1. The summed E-state index contributed by atoms with van der Waals surface area (Å²) in [5, 5.41) is 4.19. The van der Waals surface area contributed by atoms with Crippen LogP contribution in [0, 0.1) is 0 Å². The zero-order valence-corrected chi connectivity index (χ0v) is 24.4. The van der Waals surface area contributed by atoms with Crippen molar-refractivity contribution in [2.75, 3.05) is 17.1 Å². The summed E-state index contributed by atoms with van der Waals surface area (Å²) in [7, 11) is -3.57. The molecule has 2 amide bonds. The molecule has 3 rings (SSSR count). The summed E-state index contributed by atoms with van der Waals surface area (Å²) in [6.07, 6.45) is 7.22. The highest BCUT2D eigenvalue weighted by molar-refractivity contribution is 7.92. The van der Waals surface area contributed by atoms with Crippen LogP contribution < -0.4 is 9.62 Å². The highest BCUT2D eigenvalue weighted by Crippen LogP contribution is 2.24. The average Bonchev–Trinajstić information content (AvgIpc) is 2.88. The number of sulfonamides is 1. The van der Waals surface area contributed by atoms with Crippen LogP contribution in [-0.4, -0.2) is 50.0 Å². The number of halogens is 2. The number of rotatable bonds is 12. The van der Waals surface area contributed by atoms with Gasteiger partial charge >= 0.3 is 0 Å². The molecule has 0 aromatic heterocycles. The Hall–Kier alpha value is -2.29. The van der Waals surface area contributed by atoms with Crippen molar-refractivity contribution >= 4 is 50.7 Å². The molecule has 1 aliphatic carbocycles. The van der Waals surface area contributed by atoms with Gasteiger partial charge in [0.2, 0.25) is 21.8 Å². The summed E-state index contributed by atoms with van der Waals surface area (Å²) in [6, 6.07) is 13.3. The van der Waals surface area contributed by atoms with Crippen LogP contribution in [-0.2, 0) is 26.2 Å². The maximum atomic E-state index is 13.6. The van der Waals surface area contributed by atoms with Crippen LogP contribution in [0.5, 0.6) is 0 Å². The molecule has 0 aliphatic heterocycles. The molecule has 10 heteroatoms. The number of carbonyl (C=O) groups is 2. The second-order valence-electron chi connectivity index (χ2n) is 9.80. The van der Waals surface area contributed by atoms with E-state index in [9.17, 15) is 18.0 Å². The number of benzene rings is 2. The van der Waals surface area contributed by atoms with Crippen molar-refractivity contribution < 1.29 is 18.0 Å². The van der Waals surface area contributed by atoms with Crippen molar-refractivity contribution in [3.05, 3.63) is 64.1 Å². The number of amides is 2. The molecule has 0 heterocycles. The Morgan fingerprint density at radius 1 is 1.03 bits per heavy atom. The van der Waals surface area contributed by atoms with Crippen LogP contribution in [0.2, 0.25) is 10.0 Å². The van der Waals surface area contributed by atoms with E-state index in [1.165, 1.54) is 10.7 Å². The molecular weight excluding hydrogens is 545 g/mol. The monoisotopic (exact) mass is 581 g/mol. The van der Waals surface area contributed by atoms with Gasteiger partial charge in [-0.05, 0) is 61.6 Å². The molecule has 2 aromatic rings. The molecule has 0 spiro atoms. The third kappa shape index (κ3) is 8.61. The minimum absolute atomic E-state index is 0.0806. The second-order valence-corrected chi connectivity index (χ2v) is 12.5. The first-order valence-corrected chi connectivity index (χ1v) is 15.8. The van der Waals surface area contributed by atoms with Crippen molar-refractivity contribution in [2.45, 2.75) is 76.9 Å². The SMILES string of the molecule is CC[C@@H](C(=O)NC1CCCCC1)N(Cc1ccccc1Cl)C(=O)CCCN(c1ccc(Cl)cc1)S(C)(=O)=O. The molecule has 0 saturated heterocycles. The van der Waals surface area contributed by atoms with Crippen LogP contribution in [0.15, 0.2) is 48.5 Å². The van der Waals surface area contributed by atoms with E-state index in [0.717, 1.165) is 37.5 Å². The normalized spacial score (nSPS) is 15.1. The smallest absolute Gasteiger partial charge is 0.243 e. The predicted octanol–water partition coefficient (Wildman–Crippen LogP) is 5.80. The molecule has 1 saturated carbocycles. The van der Waals surface area contributed by atoms with Crippen molar-refractivity contribution in [1.82, 2.24) is 10.2 Å². The summed E-state index contributed by atoms with van der Waals surface area (Å²) in [5.74, 6) is -0.376. The third-order valence-corrected chi connectivity index (χ3v) is 8.72. The topological polar surface area (TPSA) is 86.8 Å². The first-order chi connectivity index (χ1) is 18.1. The Morgan fingerprint density at radius 3 is 2.29 bits per heavy atom. The van der Waals surface area contributed by atoms with Gasteiger partial charge in [-0.25, -0.2) is 8.42 Å². The van der Waals surface area contributed by atoms with E-state index in [2.05, 4.69) is 5.32 Å². The van der Waals surface area contributed by atoms with Crippen LogP contribution >= 0.6 is 23.2 Å². The van der Waals surface area contributed by atoms with Crippen molar-refractivity contribution in [2.24, 2.45) is 0 Å². The molecule has 1 fully saturated rings. The Bertz CT molecular complexity index is 1180. The molecule has 7 nitrogen and oxygen atoms in total. The summed E-state index contributed by atoms with van der Waals surface area (Å²) < 4.78 is 26.2. The Balaban J connectivity index is 1.76. The fourth-order valence-corrected chi connectivity index (χ4v) is 6.17. The first-order valence-electron chi connectivity index (χ1n) is 13.2. The summed E-state index contributed by atoms with van der Waals surface area (Å²) in [6.45, 7) is 2.21. The molecule has 208 valence electrons. The zero-order valence-electron chi connectivity index (χ0n) is 22.0. The largest absolute Gasteiger partial charge is 0.352 e. The van der Waals surface area contributed by atoms with Crippen molar-refractivity contribution in [3.63, 3.8) is 0 Å². The van der Waals surface area contributed by atoms with Crippen LogP contribution in [0.1, 0.15) is 63.9 Å². The van der Waals surface area contributed by atoms with Gasteiger partial charge in [-0.1, -0.05) is 67.6 Å². The Morgan fingerprint density at radius 2 is 1.68 bits per heavy atom. The molecule has 2 aromatic carbocycles. The maximum absolute atomic E-state index is 13.6. The predicted molar refractivity (Wildman–Crippen MR) is 154 cm³/mol. The summed E-state index contributed by atoms with van der Waals surface area (Å²) in [5.41, 5.74) is 1.24. The molecule has 1 aliphatic rings. The molecule has 0 unspecified atom stereocenters. The lowest BCUT2D eigenvalue weighted by molar-refractivity contribution is -0.141. The highest BCUT2D eigenvalue weighted by Gasteiger charge is 2.30. The molecule has 0 radical (unpaired) electrons. The number of hydrogen-bond donors (Lipinski definition) is 1. The van der Waals surface area contributed by atoms with Gasteiger partial charge in [-0.2, -0.15) is 0 Å². The van der Waals surface area contributed by atoms with Gasteiger partial charge in [-0.3, -0.25) is 13.9 Å². The second kappa shape index (κ2) is 14.2. The van der Waals surface area contributed by atoms with Gasteiger partial charge in [0, 0.05) is 35.6 Å². The highest BCUT2D eigenvalue weighted by atomic mass is 35.5. The van der Waals surface area contributed by atoms with Gasteiger partial charge in [0.25, 0.3) is 0 Å². The van der Waals surface area contributed by atoms with E-state index in [4.69, 9.17) is 23.2 Å². The Labute approximate surface area is 236 Å². The lowest BCUT2D eigenvalue weighted by atomic mass is 9.95. The fraction of sp³-hybridized carbons (Fsp3) is 0.500. The van der Waals surface area contributed by atoms with Crippen molar-refractivity contribution in [3.8, 4) is 0 Å². The zero-order chi connectivity index (χ0) is 27.7. The minimum Gasteiger partial charge on any atom is -0.352 e. The van der Waals surface area contributed by atoms with Gasteiger partial charge < -0.3 is 10.2 Å². The third-order valence-electron chi connectivity index (χ3n) is 6.90. The average molecular weight is 583 g/mol. The number of carbonyl (C=O) groups excluding carboxylic acids is 2. The minimum atomic E-state index is -3.57. The molecule has 1 atom stereocenters. The maximum Gasteiger partial charge on any atom is 0.243 e. The molecule has 0 bridgehead atoms. The number of nitrogens with one attached hydrogen (secondary N) is 1. The van der Waals surface area contributed by atoms with Gasteiger partial charge in [0.1, 0.15) is 6.04 Å². The Kier molecular flexibility index (Phi) is 11.3.